The first-order valence-corrected chi connectivity index (χ1v) is 9.02. The molecule has 0 saturated heterocycles. The van der Waals surface area contributed by atoms with Gasteiger partial charge in [-0.3, -0.25) is 0 Å². The first-order valence-electron chi connectivity index (χ1n) is 9.02. The second-order valence-electron chi connectivity index (χ2n) is 6.64. The van der Waals surface area contributed by atoms with E-state index < -0.39 is 0 Å². The highest BCUT2D eigenvalue weighted by atomic mass is 14.2. The smallest absolute Gasteiger partial charge is 0.0991 e. The van der Waals surface area contributed by atoms with Crippen molar-refractivity contribution in [3.05, 3.63) is 108 Å². The third-order valence-electron chi connectivity index (χ3n) is 4.84. The van der Waals surface area contributed by atoms with Crippen LogP contribution in [0, 0.1) is 18.3 Å². The fourth-order valence-electron chi connectivity index (χ4n) is 3.49. The van der Waals surface area contributed by atoms with Crippen molar-refractivity contribution < 1.29 is 0 Å². The summed E-state index contributed by atoms with van der Waals surface area (Å²) in [5, 5.41) is 9.32. The number of hydrogen-bond acceptors (Lipinski definition) is 1. The molecule has 0 amide bonds. The third kappa shape index (κ3) is 3.38. The van der Waals surface area contributed by atoms with E-state index in [2.05, 4.69) is 79.7 Å². The van der Waals surface area contributed by atoms with Gasteiger partial charge in [0.1, 0.15) is 0 Å². The molecule has 0 spiro atoms. The number of benzene rings is 4. The summed E-state index contributed by atoms with van der Waals surface area (Å²) in [4.78, 5) is 0. The molecule has 4 rings (SSSR count). The van der Waals surface area contributed by atoms with E-state index in [1.807, 2.05) is 30.3 Å². The van der Waals surface area contributed by atoms with Gasteiger partial charge < -0.3 is 0 Å². The Morgan fingerprint density at radius 1 is 0.556 bits per heavy atom. The van der Waals surface area contributed by atoms with Gasteiger partial charge in [0.15, 0.2) is 0 Å². The van der Waals surface area contributed by atoms with Gasteiger partial charge >= 0.3 is 0 Å². The zero-order chi connectivity index (χ0) is 18.6. The van der Waals surface area contributed by atoms with Crippen molar-refractivity contribution >= 4 is 0 Å². The van der Waals surface area contributed by atoms with Gasteiger partial charge in [0, 0.05) is 0 Å². The fraction of sp³-hybridized carbons (Fsp3) is 0.0385. The highest BCUT2D eigenvalue weighted by molar-refractivity contribution is 5.88. The molecule has 0 fully saturated rings. The predicted molar refractivity (Wildman–Crippen MR) is 112 cm³/mol. The molecule has 0 heterocycles. The van der Waals surface area contributed by atoms with Gasteiger partial charge in [-0.05, 0) is 64.1 Å². The third-order valence-corrected chi connectivity index (χ3v) is 4.84. The van der Waals surface area contributed by atoms with Crippen LogP contribution in [0.1, 0.15) is 11.1 Å². The highest BCUT2D eigenvalue weighted by Gasteiger charge is 2.13. The molecule has 0 aromatic heterocycles. The van der Waals surface area contributed by atoms with Crippen molar-refractivity contribution in [2.75, 3.05) is 0 Å². The number of hydrogen-bond donors (Lipinski definition) is 0. The van der Waals surface area contributed by atoms with Crippen LogP contribution in [0.5, 0.6) is 0 Å². The number of nitriles is 1. The van der Waals surface area contributed by atoms with Crippen LogP contribution in [0.25, 0.3) is 33.4 Å². The van der Waals surface area contributed by atoms with Gasteiger partial charge in [0.05, 0.1) is 11.6 Å². The van der Waals surface area contributed by atoms with Crippen molar-refractivity contribution in [3.63, 3.8) is 0 Å². The molecule has 4 aromatic carbocycles. The number of nitrogens with zero attached hydrogens (tertiary/aromatic N) is 1. The van der Waals surface area contributed by atoms with Gasteiger partial charge in [-0.15, -0.1) is 0 Å². The molecule has 0 aliphatic heterocycles. The Balaban J connectivity index is 1.99. The van der Waals surface area contributed by atoms with Crippen LogP contribution >= 0.6 is 0 Å². The van der Waals surface area contributed by atoms with Crippen LogP contribution in [0.3, 0.4) is 0 Å². The molecule has 0 aliphatic rings. The van der Waals surface area contributed by atoms with Gasteiger partial charge in [-0.1, -0.05) is 78.9 Å². The van der Waals surface area contributed by atoms with E-state index in [-0.39, 0.29) is 0 Å². The quantitative estimate of drug-likeness (QED) is 0.397. The lowest BCUT2D eigenvalue weighted by molar-refractivity contribution is 1.44. The normalized spacial score (nSPS) is 10.4. The molecule has 0 aliphatic carbocycles. The minimum Gasteiger partial charge on any atom is -0.192 e. The molecular formula is C26H19N. The van der Waals surface area contributed by atoms with Crippen molar-refractivity contribution in [1.82, 2.24) is 0 Å². The molecule has 128 valence electrons. The Morgan fingerprint density at radius 2 is 1.11 bits per heavy atom. The summed E-state index contributed by atoms with van der Waals surface area (Å²) >= 11 is 0. The highest BCUT2D eigenvalue weighted by Crippen LogP contribution is 2.38. The van der Waals surface area contributed by atoms with Crippen molar-refractivity contribution in [2.24, 2.45) is 0 Å². The Hall–Kier alpha value is -3.63. The van der Waals surface area contributed by atoms with E-state index in [0.29, 0.717) is 5.56 Å². The topological polar surface area (TPSA) is 23.8 Å². The number of rotatable bonds is 3. The minimum atomic E-state index is 0.674. The standard InChI is InChI=1S/C26H19N/c1-19-15-25(22-12-6-3-7-13-22)26(23-14-8-9-20(16-23)18-27)17-24(19)21-10-4-2-5-11-21/h2-17H,1H3. The van der Waals surface area contributed by atoms with E-state index in [0.717, 1.165) is 11.1 Å². The van der Waals surface area contributed by atoms with Crippen molar-refractivity contribution in [1.29, 1.82) is 5.26 Å². The summed E-state index contributed by atoms with van der Waals surface area (Å²) in [6.45, 7) is 2.16. The van der Waals surface area contributed by atoms with Crippen molar-refractivity contribution in [3.8, 4) is 39.4 Å². The molecule has 1 nitrogen and oxygen atoms in total. The van der Waals surface area contributed by atoms with Gasteiger partial charge in [0.2, 0.25) is 0 Å². The molecule has 0 unspecified atom stereocenters. The SMILES string of the molecule is Cc1cc(-c2ccccc2)c(-c2cccc(C#N)c2)cc1-c1ccccc1. The van der Waals surface area contributed by atoms with Crippen LogP contribution in [-0.4, -0.2) is 0 Å². The predicted octanol–water partition coefficient (Wildman–Crippen LogP) is 6.87. The van der Waals surface area contributed by atoms with Crippen LogP contribution < -0.4 is 0 Å². The minimum absolute atomic E-state index is 0.674. The summed E-state index contributed by atoms with van der Waals surface area (Å²) in [7, 11) is 0. The average molecular weight is 345 g/mol. The summed E-state index contributed by atoms with van der Waals surface area (Å²) in [6, 6.07) is 35.5. The van der Waals surface area contributed by atoms with E-state index >= 15 is 0 Å². The fourth-order valence-corrected chi connectivity index (χ4v) is 3.49. The van der Waals surface area contributed by atoms with Crippen LogP contribution in [-0.2, 0) is 0 Å². The van der Waals surface area contributed by atoms with Crippen LogP contribution in [0.4, 0.5) is 0 Å². The zero-order valence-electron chi connectivity index (χ0n) is 15.2. The second kappa shape index (κ2) is 7.32. The Bertz CT molecular complexity index is 1120. The van der Waals surface area contributed by atoms with E-state index in [1.165, 1.54) is 27.8 Å². The average Bonchev–Trinajstić information content (AvgIpc) is 2.75. The first-order chi connectivity index (χ1) is 13.3. The monoisotopic (exact) mass is 345 g/mol. The molecule has 0 radical (unpaired) electrons. The van der Waals surface area contributed by atoms with E-state index in [9.17, 15) is 5.26 Å². The zero-order valence-corrected chi connectivity index (χ0v) is 15.2. The molecule has 0 atom stereocenters. The summed E-state index contributed by atoms with van der Waals surface area (Å²) in [5.41, 5.74) is 8.89. The molecule has 0 bridgehead atoms. The summed E-state index contributed by atoms with van der Waals surface area (Å²) in [5.74, 6) is 0. The molecule has 0 saturated carbocycles. The molecule has 4 aromatic rings. The molecule has 1 heteroatoms. The van der Waals surface area contributed by atoms with E-state index in [1.54, 1.807) is 0 Å². The van der Waals surface area contributed by atoms with Gasteiger partial charge in [-0.2, -0.15) is 5.26 Å². The summed E-state index contributed by atoms with van der Waals surface area (Å²) < 4.78 is 0. The molecular weight excluding hydrogens is 326 g/mol. The van der Waals surface area contributed by atoms with E-state index in [4.69, 9.17) is 0 Å². The maximum atomic E-state index is 9.32. The first kappa shape index (κ1) is 16.8. The Morgan fingerprint density at radius 3 is 1.74 bits per heavy atom. The molecule has 0 N–H and O–H groups in total. The molecule has 27 heavy (non-hydrogen) atoms. The van der Waals surface area contributed by atoms with Crippen molar-refractivity contribution in [2.45, 2.75) is 6.92 Å². The van der Waals surface area contributed by atoms with Gasteiger partial charge in [0.25, 0.3) is 0 Å². The van der Waals surface area contributed by atoms with Crippen LogP contribution in [0.15, 0.2) is 97.1 Å². The lowest BCUT2D eigenvalue weighted by Gasteiger charge is -2.16. The van der Waals surface area contributed by atoms with Gasteiger partial charge in [-0.25, -0.2) is 0 Å². The largest absolute Gasteiger partial charge is 0.192 e. The van der Waals surface area contributed by atoms with Crippen LogP contribution in [0.2, 0.25) is 0 Å². The lowest BCUT2D eigenvalue weighted by atomic mass is 9.88. The Labute approximate surface area is 160 Å². The lowest BCUT2D eigenvalue weighted by Crippen LogP contribution is -1.91. The maximum absolute atomic E-state index is 9.32. The Kier molecular flexibility index (Phi) is 4.56. The number of aryl methyl sites for hydroxylation is 1. The second-order valence-corrected chi connectivity index (χ2v) is 6.64. The summed E-state index contributed by atoms with van der Waals surface area (Å²) in [6.07, 6.45) is 0. The maximum Gasteiger partial charge on any atom is 0.0991 e.